The van der Waals surface area contributed by atoms with Crippen molar-refractivity contribution in [1.29, 1.82) is 0 Å². The van der Waals surface area contributed by atoms with E-state index in [1.54, 1.807) is 11.3 Å². The van der Waals surface area contributed by atoms with E-state index in [1.165, 1.54) is 16.0 Å². The molecule has 3 heteroatoms. The average molecular weight is 288 g/mol. The lowest BCUT2D eigenvalue weighted by Crippen LogP contribution is -2.18. The van der Waals surface area contributed by atoms with Crippen LogP contribution in [0.1, 0.15) is 49.7 Å². The second kappa shape index (κ2) is 5.98. The lowest BCUT2D eigenvalue weighted by Gasteiger charge is -2.20. The van der Waals surface area contributed by atoms with Gasteiger partial charge in [-0.1, -0.05) is 45.0 Å². The Hall–Kier alpha value is -1.32. The number of hydrogen-bond acceptors (Lipinski definition) is 3. The highest BCUT2D eigenvalue weighted by Gasteiger charge is 2.14. The molecule has 20 heavy (non-hydrogen) atoms. The van der Waals surface area contributed by atoms with Crippen LogP contribution in [0.3, 0.4) is 0 Å². The van der Waals surface area contributed by atoms with Crippen molar-refractivity contribution < 1.29 is 0 Å². The van der Waals surface area contributed by atoms with Crippen molar-refractivity contribution in [3.8, 4) is 0 Å². The SMILES string of the molecule is CC(NCc1sccc1N)c1ccc(C(C)(C)C)cc1. The fourth-order valence-corrected chi connectivity index (χ4v) is 2.88. The molecule has 1 aromatic heterocycles. The van der Waals surface area contributed by atoms with Gasteiger partial charge in [0, 0.05) is 23.2 Å². The van der Waals surface area contributed by atoms with E-state index in [4.69, 9.17) is 5.73 Å². The highest BCUT2D eigenvalue weighted by Crippen LogP contribution is 2.24. The summed E-state index contributed by atoms with van der Waals surface area (Å²) in [5, 5.41) is 5.57. The van der Waals surface area contributed by atoms with E-state index in [-0.39, 0.29) is 5.41 Å². The van der Waals surface area contributed by atoms with Gasteiger partial charge >= 0.3 is 0 Å². The van der Waals surface area contributed by atoms with Gasteiger partial charge in [0.15, 0.2) is 0 Å². The van der Waals surface area contributed by atoms with Crippen LogP contribution in [0.4, 0.5) is 5.69 Å². The van der Waals surface area contributed by atoms with Gasteiger partial charge in [0.1, 0.15) is 0 Å². The fourth-order valence-electron chi connectivity index (χ4n) is 2.13. The molecule has 0 aliphatic rings. The first-order valence-electron chi connectivity index (χ1n) is 7.03. The van der Waals surface area contributed by atoms with Crippen LogP contribution in [0.15, 0.2) is 35.7 Å². The quantitative estimate of drug-likeness (QED) is 0.870. The summed E-state index contributed by atoms with van der Waals surface area (Å²) in [6.45, 7) is 9.73. The number of nitrogen functional groups attached to an aromatic ring is 1. The van der Waals surface area contributed by atoms with Crippen molar-refractivity contribution >= 4 is 17.0 Å². The molecule has 2 rings (SSSR count). The molecule has 1 unspecified atom stereocenters. The highest BCUT2D eigenvalue weighted by molar-refractivity contribution is 7.10. The molecule has 0 saturated carbocycles. The molecule has 0 radical (unpaired) electrons. The van der Waals surface area contributed by atoms with Crippen molar-refractivity contribution in [1.82, 2.24) is 5.32 Å². The van der Waals surface area contributed by atoms with Gasteiger partial charge < -0.3 is 11.1 Å². The maximum atomic E-state index is 5.90. The van der Waals surface area contributed by atoms with E-state index >= 15 is 0 Å². The summed E-state index contributed by atoms with van der Waals surface area (Å²) in [5.74, 6) is 0. The molecule has 0 fully saturated rings. The molecule has 0 bridgehead atoms. The number of benzene rings is 1. The summed E-state index contributed by atoms with van der Waals surface area (Å²) < 4.78 is 0. The fraction of sp³-hybridized carbons (Fsp3) is 0.412. The van der Waals surface area contributed by atoms with E-state index in [9.17, 15) is 0 Å². The van der Waals surface area contributed by atoms with Crippen LogP contribution >= 0.6 is 11.3 Å². The molecule has 0 amide bonds. The average Bonchev–Trinajstić information content (AvgIpc) is 2.81. The molecule has 0 spiro atoms. The molecule has 0 saturated heterocycles. The summed E-state index contributed by atoms with van der Waals surface area (Å²) in [6.07, 6.45) is 0. The van der Waals surface area contributed by atoms with Gasteiger partial charge in [0.25, 0.3) is 0 Å². The lowest BCUT2D eigenvalue weighted by molar-refractivity contribution is 0.573. The minimum atomic E-state index is 0.209. The Morgan fingerprint density at radius 3 is 2.30 bits per heavy atom. The van der Waals surface area contributed by atoms with Crippen LogP contribution in [0.2, 0.25) is 0 Å². The number of rotatable bonds is 4. The molecular weight excluding hydrogens is 264 g/mol. The van der Waals surface area contributed by atoms with E-state index in [1.807, 2.05) is 11.4 Å². The van der Waals surface area contributed by atoms with Gasteiger partial charge in [-0.05, 0) is 34.9 Å². The Labute approximate surface area is 126 Å². The second-order valence-electron chi connectivity index (χ2n) is 6.27. The second-order valence-corrected chi connectivity index (χ2v) is 7.27. The van der Waals surface area contributed by atoms with Crippen LogP contribution < -0.4 is 11.1 Å². The first-order valence-corrected chi connectivity index (χ1v) is 7.91. The van der Waals surface area contributed by atoms with E-state index in [0.717, 1.165) is 12.2 Å². The van der Waals surface area contributed by atoms with Crippen LogP contribution in [0, 0.1) is 0 Å². The first-order chi connectivity index (χ1) is 9.38. The molecule has 2 aromatic rings. The summed E-state index contributed by atoms with van der Waals surface area (Å²) in [4.78, 5) is 1.21. The Morgan fingerprint density at radius 1 is 1.15 bits per heavy atom. The Kier molecular flexibility index (Phi) is 4.51. The third kappa shape index (κ3) is 3.62. The van der Waals surface area contributed by atoms with Crippen LogP contribution in [-0.4, -0.2) is 0 Å². The zero-order valence-electron chi connectivity index (χ0n) is 12.7. The molecule has 3 N–H and O–H groups in total. The van der Waals surface area contributed by atoms with Crippen molar-refractivity contribution in [3.63, 3.8) is 0 Å². The molecule has 2 nitrogen and oxygen atoms in total. The molecule has 108 valence electrons. The van der Waals surface area contributed by atoms with Gasteiger partial charge in [-0.2, -0.15) is 0 Å². The van der Waals surface area contributed by atoms with Crippen molar-refractivity contribution in [2.45, 2.75) is 45.7 Å². The monoisotopic (exact) mass is 288 g/mol. The minimum absolute atomic E-state index is 0.209. The number of hydrogen-bond donors (Lipinski definition) is 2. The Morgan fingerprint density at radius 2 is 1.80 bits per heavy atom. The lowest BCUT2D eigenvalue weighted by atomic mass is 9.86. The first kappa shape index (κ1) is 15.1. The zero-order chi connectivity index (χ0) is 14.8. The van der Waals surface area contributed by atoms with Crippen molar-refractivity contribution in [2.24, 2.45) is 0 Å². The van der Waals surface area contributed by atoms with Gasteiger partial charge in [-0.3, -0.25) is 0 Å². The van der Waals surface area contributed by atoms with Gasteiger partial charge in [-0.25, -0.2) is 0 Å². The van der Waals surface area contributed by atoms with E-state index < -0.39 is 0 Å². The molecule has 0 aliphatic carbocycles. The maximum absolute atomic E-state index is 5.90. The number of thiophene rings is 1. The molecular formula is C17H24N2S. The summed E-state index contributed by atoms with van der Waals surface area (Å²) >= 11 is 1.71. The topological polar surface area (TPSA) is 38.0 Å². The molecule has 1 heterocycles. The predicted octanol–water partition coefficient (Wildman–Crippen LogP) is 4.48. The number of nitrogens with one attached hydrogen (secondary N) is 1. The third-order valence-electron chi connectivity index (χ3n) is 3.63. The van der Waals surface area contributed by atoms with Gasteiger partial charge in [0.05, 0.1) is 0 Å². The number of anilines is 1. The summed E-state index contributed by atoms with van der Waals surface area (Å²) in [5.41, 5.74) is 9.68. The molecule has 0 aliphatic heterocycles. The van der Waals surface area contributed by atoms with Crippen LogP contribution in [0.5, 0.6) is 0 Å². The molecule has 1 aromatic carbocycles. The van der Waals surface area contributed by atoms with E-state index in [2.05, 4.69) is 57.3 Å². The Bertz CT molecular complexity index is 549. The molecule has 1 atom stereocenters. The Balaban J connectivity index is 1.99. The minimum Gasteiger partial charge on any atom is -0.398 e. The van der Waals surface area contributed by atoms with Gasteiger partial charge in [-0.15, -0.1) is 11.3 Å². The summed E-state index contributed by atoms with van der Waals surface area (Å²) in [7, 11) is 0. The van der Waals surface area contributed by atoms with Crippen molar-refractivity contribution in [2.75, 3.05) is 5.73 Å². The standard InChI is InChI=1S/C17H24N2S/c1-12(19-11-16-15(18)9-10-20-16)13-5-7-14(8-6-13)17(2,3)4/h5-10,12,19H,11,18H2,1-4H3. The van der Waals surface area contributed by atoms with Crippen LogP contribution in [0.25, 0.3) is 0 Å². The van der Waals surface area contributed by atoms with Crippen LogP contribution in [-0.2, 0) is 12.0 Å². The predicted molar refractivity (Wildman–Crippen MR) is 89.1 cm³/mol. The van der Waals surface area contributed by atoms with Gasteiger partial charge in [0.2, 0.25) is 0 Å². The normalized spacial score (nSPS) is 13.4. The van der Waals surface area contributed by atoms with Crippen molar-refractivity contribution in [3.05, 3.63) is 51.7 Å². The zero-order valence-corrected chi connectivity index (χ0v) is 13.6. The highest BCUT2D eigenvalue weighted by atomic mass is 32.1. The third-order valence-corrected chi connectivity index (χ3v) is 4.56. The smallest absolute Gasteiger partial charge is 0.0468 e. The largest absolute Gasteiger partial charge is 0.398 e. The maximum Gasteiger partial charge on any atom is 0.0468 e. The number of nitrogens with two attached hydrogens (primary N) is 1. The van der Waals surface area contributed by atoms with E-state index in [0.29, 0.717) is 6.04 Å². The summed E-state index contributed by atoms with van der Waals surface area (Å²) in [6, 6.07) is 11.2.